The fraction of sp³-hybridized carbons (Fsp3) is 0.684. The van der Waals surface area contributed by atoms with Gasteiger partial charge in [-0.2, -0.15) is 0 Å². The lowest BCUT2D eigenvalue weighted by molar-refractivity contribution is 0.127. The smallest absolute Gasteiger partial charge is 0.0404 e. The van der Waals surface area contributed by atoms with E-state index in [0.717, 1.165) is 24.2 Å². The Bertz CT molecular complexity index is 422. The van der Waals surface area contributed by atoms with Crippen molar-refractivity contribution in [3.05, 3.63) is 35.4 Å². The number of halogens is 1. The second kappa shape index (κ2) is 6.52. The largest absolute Gasteiger partial charge is 0.122 e. The molecule has 0 heterocycles. The van der Waals surface area contributed by atoms with Gasteiger partial charge in [0, 0.05) is 5.38 Å². The molecule has 110 valence electrons. The van der Waals surface area contributed by atoms with Crippen LogP contribution in [0.3, 0.4) is 0 Å². The molecule has 0 saturated heterocycles. The van der Waals surface area contributed by atoms with E-state index in [-0.39, 0.29) is 0 Å². The lowest BCUT2D eigenvalue weighted by Crippen LogP contribution is -2.32. The quantitative estimate of drug-likeness (QED) is 0.622. The summed E-state index contributed by atoms with van der Waals surface area (Å²) in [5, 5.41) is 0.334. The molecule has 2 aliphatic rings. The molecule has 4 unspecified atom stereocenters. The fourth-order valence-electron chi connectivity index (χ4n) is 4.35. The van der Waals surface area contributed by atoms with E-state index in [4.69, 9.17) is 11.6 Å². The molecule has 1 aromatic carbocycles. The van der Waals surface area contributed by atoms with Gasteiger partial charge in [0.25, 0.3) is 0 Å². The van der Waals surface area contributed by atoms with E-state index in [1.54, 1.807) is 0 Å². The van der Waals surface area contributed by atoms with Crippen LogP contribution >= 0.6 is 11.6 Å². The average Bonchev–Trinajstić information content (AvgIpc) is 2.49. The molecule has 20 heavy (non-hydrogen) atoms. The molecule has 3 rings (SSSR count). The molecule has 0 bridgehead atoms. The van der Waals surface area contributed by atoms with Crippen LogP contribution in [0.25, 0.3) is 0 Å². The van der Waals surface area contributed by atoms with Gasteiger partial charge >= 0.3 is 0 Å². The van der Waals surface area contributed by atoms with Gasteiger partial charge in [-0.15, -0.1) is 11.6 Å². The maximum Gasteiger partial charge on any atom is 0.0404 e. The highest BCUT2D eigenvalue weighted by atomic mass is 35.5. The molecule has 2 aliphatic carbocycles. The standard InChI is InChI=1S/C19H27Cl/c1-14-6-8-15(9-7-14)12-19(20)18-11-10-16-4-2-3-5-17(16)13-18/h6-9,16-19H,2-5,10-13H2,1H3. The van der Waals surface area contributed by atoms with Crippen LogP contribution in [-0.2, 0) is 6.42 Å². The van der Waals surface area contributed by atoms with Crippen molar-refractivity contribution in [2.45, 2.75) is 63.7 Å². The molecule has 2 saturated carbocycles. The maximum absolute atomic E-state index is 6.77. The van der Waals surface area contributed by atoms with Gasteiger partial charge in [0.1, 0.15) is 0 Å². The van der Waals surface area contributed by atoms with Crippen LogP contribution < -0.4 is 0 Å². The van der Waals surface area contributed by atoms with Crippen molar-refractivity contribution < 1.29 is 0 Å². The van der Waals surface area contributed by atoms with Gasteiger partial charge in [0.05, 0.1) is 0 Å². The summed E-state index contributed by atoms with van der Waals surface area (Å²) in [5.41, 5.74) is 2.74. The van der Waals surface area contributed by atoms with Crippen LogP contribution in [0.15, 0.2) is 24.3 Å². The van der Waals surface area contributed by atoms with Gasteiger partial charge < -0.3 is 0 Å². The molecule has 4 atom stereocenters. The lowest BCUT2D eigenvalue weighted by atomic mass is 9.66. The molecule has 1 aromatic rings. The first kappa shape index (κ1) is 14.4. The predicted octanol–water partition coefficient (Wildman–Crippen LogP) is 5.75. The number of hydrogen-bond acceptors (Lipinski definition) is 0. The minimum absolute atomic E-state index is 0.334. The van der Waals surface area contributed by atoms with Crippen molar-refractivity contribution in [3.63, 3.8) is 0 Å². The van der Waals surface area contributed by atoms with Crippen molar-refractivity contribution in [1.82, 2.24) is 0 Å². The van der Waals surface area contributed by atoms with Crippen molar-refractivity contribution in [1.29, 1.82) is 0 Å². The molecule has 0 aliphatic heterocycles. The topological polar surface area (TPSA) is 0 Å². The van der Waals surface area contributed by atoms with Crippen LogP contribution in [-0.4, -0.2) is 5.38 Å². The Hall–Kier alpha value is -0.490. The number of benzene rings is 1. The first-order valence-electron chi connectivity index (χ1n) is 8.42. The summed E-state index contributed by atoms with van der Waals surface area (Å²) < 4.78 is 0. The number of hydrogen-bond donors (Lipinski definition) is 0. The number of fused-ring (bicyclic) bond motifs is 1. The highest BCUT2D eigenvalue weighted by Gasteiger charge is 2.34. The van der Waals surface area contributed by atoms with Gasteiger partial charge in [-0.3, -0.25) is 0 Å². The van der Waals surface area contributed by atoms with Gasteiger partial charge in [-0.25, -0.2) is 0 Å². The number of aryl methyl sites for hydroxylation is 1. The molecule has 0 spiro atoms. The molecule has 0 N–H and O–H groups in total. The van der Waals surface area contributed by atoms with Crippen LogP contribution in [0.4, 0.5) is 0 Å². The molecular formula is C19H27Cl. The van der Waals surface area contributed by atoms with E-state index in [0.29, 0.717) is 5.38 Å². The van der Waals surface area contributed by atoms with Crippen molar-refractivity contribution in [3.8, 4) is 0 Å². The van der Waals surface area contributed by atoms with E-state index in [9.17, 15) is 0 Å². The predicted molar refractivity (Wildman–Crippen MR) is 87.3 cm³/mol. The highest BCUT2D eigenvalue weighted by molar-refractivity contribution is 6.20. The van der Waals surface area contributed by atoms with Crippen molar-refractivity contribution >= 4 is 11.6 Å². The summed E-state index contributed by atoms with van der Waals surface area (Å²) in [7, 11) is 0. The van der Waals surface area contributed by atoms with Crippen LogP contribution in [0.2, 0.25) is 0 Å². The van der Waals surface area contributed by atoms with Gasteiger partial charge in [0.2, 0.25) is 0 Å². The zero-order valence-electron chi connectivity index (χ0n) is 12.7. The minimum Gasteiger partial charge on any atom is -0.122 e. The summed E-state index contributed by atoms with van der Waals surface area (Å²) in [6.07, 6.45) is 11.1. The zero-order valence-corrected chi connectivity index (χ0v) is 13.4. The molecule has 0 radical (unpaired) electrons. The Kier molecular flexibility index (Phi) is 4.71. The van der Waals surface area contributed by atoms with E-state index in [2.05, 4.69) is 31.2 Å². The third-order valence-electron chi connectivity index (χ3n) is 5.64. The van der Waals surface area contributed by atoms with Crippen LogP contribution in [0.5, 0.6) is 0 Å². The summed E-state index contributed by atoms with van der Waals surface area (Å²) in [6.45, 7) is 2.15. The van der Waals surface area contributed by atoms with Gasteiger partial charge in [-0.05, 0) is 55.9 Å². The summed E-state index contributed by atoms with van der Waals surface area (Å²) in [6, 6.07) is 8.90. The van der Waals surface area contributed by atoms with Crippen LogP contribution in [0, 0.1) is 24.7 Å². The fourth-order valence-corrected chi connectivity index (χ4v) is 4.76. The van der Waals surface area contributed by atoms with Gasteiger partial charge in [0.15, 0.2) is 0 Å². The first-order chi connectivity index (χ1) is 9.72. The molecule has 2 fully saturated rings. The maximum atomic E-state index is 6.77. The minimum atomic E-state index is 0.334. The molecule has 0 nitrogen and oxygen atoms in total. The Labute approximate surface area is 128 Å². The summed E-state index contributed by atoms with van der Waals surface area (Å²) in [4.78, 5) is 0. The number of rotatable bonds is 3. The monoisotopic (exact) mass is 290 g/mol. The second-order valence-electron chi connectivity index (χ2n) is 7.08. The molecular weight excluding hydrogens is 264 g/mol. The Morgan fingerprint density at radius 1 is 1.00 bits per heavy atom. The summed E-state index contributed by atoms with van der Waals surface area (Å²) in [5.74, 6) is 2.77. The third-order valence-corrected chi connectivity index (χ3v) is 6.15. The van der Waals surface area contributed by atoms with E-state index in [1.807, 2.05) is 0 Å². The molecule has 0 aromatic heterocycles. The van der Waals surface area contributed by atoms with E-state index < -0.39 is 0 Å². The van der Waals surface area contributed by atoms with Crippen molar-refractivity contribution in [2.75, 3.05) is 0 Å². The van der Waals surface area contributed by atoms with E-state index >= 15 is 0 Å². The normalized spacial score (nSPS) is 31.6. The summed E-state index contributed by atoms with van der Waals surface area (Å²) >= 11 is 6.77. The third kappa shape index (κ3) is 3.39. The second-order valence-corrected chi connectivity index (χ2v) is 7.64. The van der Waals surface area contributed by atoms with Crippen LogP contribution in [0.1, 0.15) is 56.1 Å². The van der Waals surface area contributed by atoms with Crippen molar-refractivity contribution in [2.24, 2.45) is 17.8 Å². The first-order valence-corrected chi connectivity index (χ1v) is 8.85. The molecule has 1 heteroatoms. The zero-order chi connectivity index (χ0) is 13.9. The Balaban J connectivity index is 1.57. The SMILES string of the molecule is Cc1ccc(CC(Cl)C2CCC3CCCCC3C2)cc1. The Morgan fingerprint density at radius 2 is 1.70 bits per heavy atom. The highest BCUT2D eigenvalue weighted by Crippen LogP contribution is 2.44. The van der Waals surface area contributed by atoms with E-state index in [1.165, 1.54) is 56.1 Å². The Morgan fingerprint density at radius 3 is 2.45 bits per heavy atom. The van der Waals surface area contributed by atoms with Gasteiger partial charge in [-0.1, -0.05) is 55.5 Å². The molecule has 0 amide bonds. The average molecular weight is 291 g/mol. The number of alkyl halides is 1. The lowest BCUT2D eigenvalue weighted by Gasteiger charge is -2.40.